The van der Waals surface area contributed by atoms with E-state index in [2.05, 4.69) is 10.3 Å². The van der Waals surface area contributed by atoms with Crippen molar-refractivity contribution in [3.63, 3.8) is 0 Å². The minimum atomic E-state index is -0.662. The number of halogens is 2. The Morgan fingerprint density at radius 3 is 2.50 bits per heavy atom. The van der Waals surface area contributed by atoms with Crippen LogP contribution in [0, 0.1) is 0 Å². The van der Waals surface area contributed by atoms with Gasteiger partial charge in [0.1, 0.15) is 0 Å². The molecule has 0 saturated carbocycles. The Balaban J connectivity index is 1.96. The number of hydrogen-bond donors (Lipinski definition) is 2. The zero-order valence-electron chi connectivity index (χ0n) is 11.1. The first kappa shape index (κ1) is 15.3. The third kappa shape index (κ3) is 4.18. The highest BCUT2D eigenvalue weighted by Crippen LogP contribution is 2.23. The van der Waals surface area contributed by atoms with Crippen molar-refractivity contribution in [2.75, 3.05) is 6.54 Å². The Kier molecular flexibility index (Phi) is 5.38. The van der Waals surface area contributed by atoms with Gasteiger partial charge < -0.3 is 10.4 Å². The van der Waals surface area contributed by atoms with Crippen LogP contribution in [0.2, 0.25) is 10.0 Å². The van der Waals surface area contributed by atoms with E-state index < -0.39 is 6.10 Å². The second-order valence-corrected chi connectivity index (χ2v) is 5.51. The van der Waals surface area contributed by atoms with Gasteiger partial charge in [-0.15, -0.1) is 0 Å². The summed E-state index contributed by atoms with van der Waals surface area (Å²) < 4.78 is 0. The summed E-state index contributed by atoms with van der Waals surface area (Å²) in [6.45, 7) is 2.43. The summed E-state index contributed by atoms with van der Waals surface area (Å²) in [4.78, 5) is 4.08. The summed E-state index contributed by atoms with van der Waals surface area (Å²) in [5.41, 5.74) is 1.78. The van der Waals surface area contributed by atoms with Gasteiger partial charge in [0.05, 0.1) is 6.10 Å². The molecule has 5 heteroatoms. The van der Waals surface area contributed by atoms with Crippen LogP contribution in [0.5, 0.6) is 0 Å². The van der Waals surface area contributed by atoms with Crippen molar-refractivity contribution >= 4 is 23.2 Å². The standard InChI is InChI=1S/C15H16Cl2N2O/c1-10(11-3-2-4-18-8-11)19-9-15(20)12-5-13(16)7-14(17)6-12/h2-8,10,15,19-20H,9H2,1H3. The number of aromatic nitrogens is 1. The lowest BCUT2D eigenvalue weighted by atomic mass is 10.1. The van der Waals surface area contributed by atoms with Crippen molar-refractivity contribution < 1.29 is 5.11 Å². The first-order valence-electron chi connectivity index (χ1n) is 6.33. The molecule has 106 valence electrons. The Hall–Kier alpha value is -1.13. The highest BCUT2D eigenvalue weighted by molar-refractivity contribution is 6.34. The van der Waals surface area contributed by atoms with Crippen LogP contribution in [-0.2, 0) is 0 Å². The fourth-order valence-corrected chi connectivity index (χ4v) is 2.47. The van der Waals surface area contributed by atoms with Gasteiger partial charge in [-0.25, -0.2) is 0 Å². The van der Waals surface area contributed by atoms with Gasteiger partial charge in [-0.3, -0.25) is 4.98 Å². The lowest BCUT2D eigenvalue weighted by Gasteiger charge is -2.18. The van der Waals surface area contributed by atoms with Crippen molar-refractivity contribution in [1.82, 2.24) is 10.3 Å². The molecule has 0 aliphatic heterocycles. The average Bonchev–Trinajstić information content (AvgIpc) is 2.44. The first-order valence-corrected chi connectivity index (χ1v) is 7.09. The lowest BCUT2D eigenvalue weighted by molar-refractivity contribution is 0.171. The van der Waals surface area contributed by atoms with E-state index in [9.17, 15) is 5.11 Å². The Morgan fingerprint density at radius 1 is 1.20 bits per heavy atom. The number of pyridine rings is 1. The molecule has 1 aromatic carbocycles. The van der Waals surface area contributed by atoms with Crippen molar-refractivity contribution in [3.05, 3.63) is 63.9 Å². The fraction of sp³-hybridized carbons (Fsp3) is 0.267. The number of nitrogens with one attached hydrogen (secondary N) is 1. The Bertz CT molecular complexity index is 543. The quantitative estimate of drug-likeness (QED) is 0.883. The van der Waals surface area contributed by atoms with E-state index in [1.165, 1.54) is 0 Å². The predicted molar refractivity (Wildman–Crippen MR) is 82.1 cm³/mol. The minimum Gasteiger partial charge on any atom is -0.387 e. The Labute approximate surface area is 128 Å². The average molecular weight is 311 g/mol. The number of aliphatic hydroxyl groups excluding tert-OH is 1. The summed E-state index contributed by atoms with van der Waals surface area (Å²) >= 11 is 11.9. The number of rotatable bonds is 5. The molecule has 2 unspecified atom stereocenters. The van der Waals surface area contributed by atoms with Crippen molar-refractivity contribution in [1.29, 1.82) is 0 Å². The molecule has 0 aliphatic rings. The number of benzene rings is 1. The van der Waals surface area contributed by atoms with Gasteiger partial charge in [0.2, 0.25) is 0 Å². The van der Waals surface area contributed by atoms with E-state index in [-0.39, 0.29) is 6.04 Å². The predicted octanol–water partition coefficient (Wildman–Crippen LogP) is 3.77. The van der Waals surface area contributed by atoms with Crippen molar-refractivity contribution in [3.8, 4) is 0 Å². The van der Waals surface area contributed by atoms with Crippen LogP contribution in [0.25, 0.3) is 0 Å². The molecule has 2 atom stereocenters. The van der Waals surface area contributed by atoms with Crippen molar-refractivity contribution in [2.45, 2.75) is 19.1 Å². The van der Waals surface area contributed by atoms with E-state index in [0.717, 1.165) is 5.56 Å². The topological polar surface area (TPSA) is 45.1 Å². The lowest BCUT2D eigenvalue weighted by Crippen LogP contribution is -2.24. The maximum Gasteiger partial charge on any atom is 0.0915 e. The number of hydrogen-bond acceptors (Lipinski definition) is 3. The van der Waals surface area contributed by atoms with Gasteiger partial charge in [-0.05, 0) is 42.3 Å². The van der Waals surface area contributed by atoms with Crippen molar-refractivity contribution in [2.24, 2.45) is 0 Å². The normalized spacial score (nSPS) is 14.0. The number of aliphatic hydroxyl groups is 1. The summed E-state index contributed by atoms with van der Waals surface area (Å²) in [5, 5.41) is 14.5. The summed E-state index contributed by atoms with van der Waals surface area (Å²) in [6, 6.07) is 9.07. The monoisotopic (exact) mass is 310 g/mol. The van der Waals surface area contributed by atoms with E-state index in [4.69, 9.17) is 23.2 Å². The van der Waals surface area contributed by atoms with Gasteiger partial charge in [-0.1, -0.05) is 29.3 Å². The van der Waals surface area contributed by atoms with Gasteiger partial charge in [0.25, 0.3) is 0 Å². The van der Waals surface area contributed by atoms with E-state index in [0.29, 0.717) is 22.2 Å². The molecule has 2 rings (SSSR count). The highest BCUT2D eigenvalue weighted by atomic mass is 35.5. The fourth-order valence-electron chi connectivity index (χ4n) is 1.92. The van der Waals surface area contributed by atoms with E-state index in [1.54, 1.807) is 30.6 Å². The molecule has 2 aromatic rings. The summed E-state index contributed by atoms with van der Waals surface area (Å²) in [6.07, 6.45) is 2.88. The molecule has 3 nitrogen and oxygen atoms in total. The molecule has 0 amide bonds. The smallest absolute Gasteiger partial charge is 0.0915 e. The summed E-state index contributed by atoms with van der Waals surface area (Å²) in [5.74, 6) is 0. The molecule has 1 aromatic heterocycles. The zero-order valence-corrected chi connectivity index (χ0v) is 12.6. The largest absolute Gasteiger partial charge is 0.387 e. The molecule has 0 saturated heterocycles. The van der Waals surface area contributed by atoms with Gasteiger partial charge in [0, 0.05) is 35.0 Å². The van der Waals surface area contributed by atoms with Crippen LogP contribution >= 0.6 is 23.2 Å². The molecule has 0 bridgehead atoms. The van der Waals surface area contributed by atoms with E-state index in [1.807, 2.05) is 19.1 Å². The maximum atomic E-state index is 10.2. The third-order valence-electron chi connectivity index (χ3n) is 3.07. The Morgan fingerprint density at radius 2 is 1.90 bits per heavy atom. The first-order chi connectivity index (χ1) is 9.56. The van der Waals surface area contributed by atoms with Gasteiger partial charge in [-0.2, -0.15) is 0 Å². The highest BCUT2D eigenvalue weighted by Gasteiger charge is 2.12. The molecular formula is C15H16Cl2N2O. The van der Waals surface area contributed by atoms with Crippen LogP contribution in [-0.4, -0.2) is 16.6 Å². The van der Waals surface area contributed by atoms with Crippen LogP contribution < -0.4 is 5.32 Å². The molecule has 0 radical (unpaired) electrons. The molecule has 0 aliphatic carbocycles. The van der Waals surface area contributed by atoms with Gasteiger partial charge >= 0.3 is 0 Å². The maximum absolute atomic E-state index is 10.2. The molecule has 0 spiro atoms. The molecule has 2 N–H and O–H groups in total. The van der Waals surface area contributed by atoms with Crippen LogP contribution in [0.15, 0.2) is 42.7 Å². The minimum absolute atomic E-state index is 0.105. The van der Waals surface area contributed by atoms with Gasteiger partial charge in [0.15, 0.2) is 0 Å². The van der Waals surface area contributed by atoms with Crippen LogP contribution in [0.3, 0.4) is 0 Å². The second kappa shape index (κ2) is 7.04. The van der Waals surface area contributed by atoms with Crippen LogP contribution in [0.1, 0.15) is 30.2 Å². The summed E-state index contributed by atoms with van der Waals surface area (Å²) in [7, 11) is 0. The number of nitrogens with zero attached hydrogens (tertiary/aromatic N) is 1. The molecule has 20 heavy (non-hydrogen) atoms. The molecular weight excluding hydrogens is 295 g/mol. The van der Waals surface area contributed by atoms with E-state index >= 15 is 0 Å². The van der Waals surface area contributed by atoms with Crippen LogP contribution in [0.4, 0.5) is 0 Å². The SMILES string of the molecule is CC(NCC(O)c1cc(Cl)cc(Cl)c1)c1cccnc1. The molecule has 1 heterocycles. The third-order valence-corrected chi connectivity index (χ3v) is 3.51. The zero-order chi connectivity index (χ0) is 14.5. The molecule has 0 fully saturated rings. The second-order valence-electron chi connectivity index (χ2n) is 4.63.